The van der Waals surface area contributed by atoms with Crippen molar-refractivity contribution in [3.8, 4) is 0 Å². The quantitative estimate of drug-likeness (QED) is 0.883. The Hall–Kier alpha value is -1.42. The third-order valence-electron chi connectivity index (χ3n) is 2.96. The average molecular weight is 277 g/mol. The zero-order valence-corrected chi connectivity index (χ0v) is 11.6. The van der Waals surface area contributed by atoms with Crippen LogP contribution >= 0.6 is 11.6 Å². The van der Waals surface area contributed by atoms with Crippen molar-refractivity contribution in [3.05, 3.63) is 64.4 Å². The highest BCUT2D eigenvalue weighted by molar-refractivity contribution is 6.31. The molecule has 1 atom stereocenters. The molecule has 0 saturated heterocycles. The Morgan fingerprint density at radius 2 is 2.21 bits per heavy atom. The molecule has 0 aliphatic heterocycles. The maximum absolute atomic E-state index is 10.1. The molecule has 0 aliphatic rings. The van der Waals surface area contributed by atoms with Crippen molar-refractivity contribution in [1.29, 1.82) is 0 Å². The van der Waals surface area contributed by atoms with Gasteiger partial charge in [0.1, 0.15) is 0 Å². The summed E-state index contributed by atoms with van der Waals surface area (Å²) in [5.74, 6) is 0. The molecule has 0 radical (unpaired) electrons. The number of hydrogen-bond donors (Lipinski definition) is 2. The predicted octanol–water partition coefficient (Wildman–Crippen LogP) is 2.87. The molecule has 0 aliphatic carbocycles. The third kappa shape index (κ3) is 4.03. The van der Waals surface area contributed by atoms with E-state index in [-0.39, 0.29) is 0 Å². The fourth-order valence-corrected chi connectivity index (χ4v) is 1.97. The second kappa shape index (κ2) is 6.66. The van der Waals surface area contributed by atoms with Crippen LogP contribution in [-0.4, -0.2) is 16.6 Å². The molecule has 19 heavy (non-hydrogen) atoms. The maximum Gasteiger partial charge on any atom is 0.0914 e. The van der Waals surface area contributed by atoms with Gasteiger partial charge in [0.15, 0.2) is 0 Å². The van der Waals surface area contributed by atoms with Crippen LogP contribution in [0.3, 0.4) is 0 Å². The van der Waals surface area contributed by atoms with Gasteiger partial charge in [-0.25, -0.2) is 0 Å². The highest BCUT2D eigenvalue weighted by atomic mass is 35.5. The third-order valence-corrected chi connectivity index (χ3v) is 3.38. The van der Waals surface area contributed by atoms with Crippen molar-refractivity contribution in [2.24, 2.45) is 0 Å². The Morgan fingerprint density at radius 3 is 2.89 bits per heavy atom. The lowest BCUT2D eigenvalue weighted by molar-refractivity contribution is 0.174. The molecule has 0 fully saturated rings. The van der Waals surface area contributed by atoms with Crippen molar-refractivity contribution in [2.45, 2.75) is 19.6 Å². The number of benzene rings is 1. The smallest absolute Gasteiger partial charge is 0.0914 e. The van der Waals surface area contributed by atoms with Gasteiger partial charge in [-0.05, 0) is 35.7 Å². The van der Waals surface area contributed by atoms with Gasteiger partial charge in [-0.1, -0.05) is 29.8 Å². The Morgan fingerprint density at radius 1 is 1.37 bits per heavy atom. The van der Waals surface area contributed by atoms with Gasteiger partial charge in [0, 0.05) is 30.5 Å². The van der Waals surface area contributed by atoms with Crippen LogP contribution in [0.25, 0.3) is 0 Å². The lowest BCUT2D eigenvalue weighted by atomic mass is 10.1. The number of nitrogens with one attached hydrogen (secondary N) is 1. The van der Waals surface area contributed by atoms with E-state index in [1.54, 1.807) is 6.20 Å². The number of aliphatic hydroxyl groups excluding tert-OH is 1. The number of hydrogen-bond acceptors (Lipinski definition) is 3. The number of halogens is 1. The van der Waals surface area contributed by atoms with Gasteiger partial charge < -0.3 is 10.4 Å². The van der Waals surface area contributed by atoms with Gasteiger partial charge in [0.2, 0.25) is 0 Å². The number of rotatable bonds is 5. The lowest BCUT2D eigenvalue weighted by Crippen LogP contribution is -2.21. The van der Waals surface area contributed by atoms with Crippen LogP contribution in [0.5, 0.6) is 0 Å². The summed E-state index contributed by atoms with van der Waals surface area (Å²) in [4.78, 5) is 4.04. The van der Waals surface area contributed by atoms with E-state index in [2.05, 4.69) is 10.3 Å². The fourth-order valence-electron chi connectivity index (χ4n) is 1.85. The van der Waals surface area contributed by atoms with E-state index in [0.717, 1.165) is 21.7 Å². The van der Waals surface area contributed by atoms with E-state index in [1.165, 1.54) is 0 Å². The van der Waals surface area contributed by atoms with Gasteiger partial charge in [-0.2, -0.15) is 0 Å². The minimum absolute atomic E-state index is 0.496. The van der Waals surface area contributed by atoms with Crippen LogP contribution in [0.15, 0.2) is 42.7 Å². The van der Waals surface area contributed by atoms with Crippen LogP contribution < -0.4 is 5.32 Å². The van der Waals surface area contributed by atoms with Crippen molar-refractivity contribution in [3.63, 3.8) is 0 Å². The Labute approximate surface area is 118 Å². The van der Waals surface area contributed by atoms with E-state index in [9.17, 15) is 5.11 Å². The van der Waals surface area contributed by atoms with E-state index < -0.39 is 6.10 Å². The topological polar surface area (TPSA) is 45.1 Å². The number of nitrogens with zero attached hydrogens (tertiary/aromatic N) is 1. The average Bonchev–Trinajstić information content (AvgIpc) is 2.43. The van der Waals surface area contributed by atoms with Crippen LogP contribution in [0.1, 0.15) is 22.8 Å². The fraction of sp³-hybridized carbons (Fsp3) is 0.267. The molecule has 0 saturated carbocycles. The molecule has 2 aromatic rings. The first-order valence-electron chi connectivity index (χ1n) is 6.20. The molecule has 3 nitrogen and oxygen atoms in total. The van der Waals surface area contributed by atoms with Crippen LogP contribution in [-0.2, 0) is 6.54 Å². The molecule has 2 rings (SSSR count). The summed E-state index contributed by atoms with van der Waals surface area (Å²) in [5.41, 5.74) is 2.95. The van der Waals surface area contributed by atoms with Gasteiger partial charge >= 0.3 is 0 Å². The number of pyridine rings is 1. The SMILES string of the molecule is Cc1cc(C(O)CNCc2cccnc2)ccc1Cl. The molecule has 4 heteroatoms. The number of aromatic nitrogens is 1. The summed E-state index contributed by atoms with van der Waals surface area (Å²) in [6.45, 7) is 3.12. The van der Waals surface area contributed by atoms with Gasteiger partial charge in [0.05, 0.1) is 6.10 Å². The maximum atomic E-state index is 10.1. The van der Waals surface area contributed by atoms with Crippen LogP contribution in [0, 0.1) is 6.92 Å². The summed E-state index contributed by atoms with van der Waals surface area (Å²) >= 11 is 5.97. The van der Waals surface area contributed by atoms with E-state index in [4.69, 9.17) is 11.6 Å². The predicted molar refractivity (Wildman–Crippen MR) is 77.1 cm³/mol. The number of aliphatic hydroxyl groups is 1. The van der Waals surface area contributed by atoms with Crippen molar-refractivity contribution >= 4 is 11.6 Å². The second-order valence-corrected chi connectivity index (χ2v) is 4.92. The summed E-state index contributed by atoms with van der Waals surface area (Å²) in [6, 6.07) is 9.48. The summed E-state index contributed by atoms with van der Waals surface area (Å²) in [6.07, 6.45) is 3.02. The first kappa shape index (κ1) is 14.0. The summed E-state index contributed by atoms with van der Waals surface area (Å²) < 4.78 is 0. The normalized spacial score (nSPS) is 12.4. The zero-order valence-electron chi connectivity index (χ0n) is 10.8. The lowest BCUT2D eigenvalue weighted by Gasteiger charge is -2.13. The zero-order chi connectivity index (χ0) is 13.7. The van der Waals surface area contributed by atoms with Crippen molar-refractivity contribution in [2.75, 3.05) is 6.54 Å². The molecule has 1 heterocycles. The molecule has 100 valence electrons. The molecule has 1 unspecified atom stereocenters. The molecule has 0 bridgehead atoms. The van der Waals surface area contributed by atoms with Gasteiger partial charge in [-0.15, -0.1) is 0 Å². The monoisotopic (exact) mass is 276 g/mol. The summed E-state index contributed by atoms with van der Waals surface area (Å²) in [7, 11) is 0. The highest BCUT2D eigenvalue weighted by Crippen LogP contribution is 2.20. The molecule has 1 aromatic heterocycles. The molecule has 2 N–H and O–H groups in total. The highest BCUT2D eigenvalue weighted by Gasteiger charge is 2.08. The van der Waals surface area contributed by atoms with E-state index in [1.807, 2.05) is 43.5 Å². The molecular weight excluding hydrogens is 260 g/mol. The van der Waals surface area contributed by atoms with Gasteiger partial charge in [0.25, 0.3) is 0 Å². The number of aryl methyl sites for hydroxylation is 1. The van der Waals surface area contributed by atoms with Crippen LogP contribution in [0.2, 0.25) is 5.02 Å². The Balaban J connectivity index is 1.87. The molecular formula is C15H17ClN2O. The first-order valence-corrected chi connectivity index (χ1v) is 6.58. The molecule has 0 spiro atoms. The van der Waals surface area contributed by atoms with Crippen molar-refractivity contribution < 1.29 is 5.11 Å². The van der Waals surface area contributed by atoms with Crippen molar-refractivity contribution in [1.82, 2.24) is 10.3 Å². The van der Waals surface area contributed by atoms with E-state index >= 15 is 0 Å². The summed E-state index contributed by atoms with van der Waals surface area (Å²) in [5, 5.41) is 14.0. The minimum atomic E-state index is -0.535. The minimum Gasteiger partial charge on any atom is -0.387 e. The molecule has 1 aromatic carbocycles. The van der Waals surface area contributed by atoms with Gasteiger partial charge in [-0.3, -0.25) is 4.98 Å². The van der Waals surface area contributed by atoms with E-state index in [0.29, 0.717) is 13.1 Å². The Bertz CT molecular complexity index is 531. The molecule has 0 amide bonds. The Kier molecular flexibility index (Phi) is 4.91. The largest absolute Gasteiger partial charge is 0.387 e. The van der Waals surface area contributed by atoms with Crippen LogP contribution in [0.4, 0.5) is 0 Å². The first-order chi connectivity index (χ1) is 9.16. The second-order valence-electron chi connectivity index (χ2n) is 4.52. The standard InChI is InChI=1S/C15H17ClN2O/c1-11-7-13(4-5-14(11)16)15(19)10-18-9-12-3-2-6-17-8-12/h2-8,15,18-19H,9-10H2,1H3.